The van der Waals surface area contributed by atoms with Crippen molar-refractivity contribution < 1.29 is 27.6 Å². The smallest absolute Gasteiger partial charge is 0.351 e. The highest BCUT2D eigenvalue weighted by molar-refractivity contribution is 6.15. The van der Waals surface area contributed by atoms with E-state index in [0.29, 0.717) is 60.4 Å². The number of fused-ring (bicyclic) bond motifs is 1. The van der Waals surface area contributed by atoms with Crippen LogP contribution >= 0.6 is 0 Å². The topological polar surface area (TPSA) is 130 Å². The van der Waals surface area contributed by atoms with Crippen LogP contribution in [0.4, 0.5) is 25.1 Å². The Morgan fingerprint density at radius 2 is 1.76 bits per heavy atom. The summed E-state index contributed by atoms with van der Waals surface area (Å²) < 4.78 is 41.4. The number of ketones is 1. The van der Waals surface area contributed by atoms with Crippen molar-refractivity contribution in [3.63, 3.8) is 0 Å². The molecule has 0 bridgehead atoms. The number of hydrogen-bond donors (Lipinski definition) is 3. The first kappa shape index (κ1) is 24.8. The molecule has 13 heteroatoms. The number of nitrogens with one attached hydrogen (secondary N) is 3. The first-order valence-electron chi connectivity index (χ1n) is 13.0. The molecule has 1 saturated heterocycles. The minimum Gasteiger partial charge on any atom is -0.351 e. The number of halogens is 3. The average Bonchev–Trinajstić information content (AvgIpc) is 3.77. The number of hydrogen-bond acceptors (Lipinski definition) is 8. The molecule has 6 rings (SSSR count). The molecule has 2 aromatic heterocycles. The number of Topliss-reactive ketones (excluding diaryl/α,β-unsaturated/α-hetero) is 1. The van der Waals surface area contributed by atoms with Crippen molar-refractivity contribution >= 4 is 41.2 Å². The summed E-state index contributed by atoms with van der Waals surface area (Å²) in [5.74, 6) is -0.612. The van der Waals surface area contributed by atoms with Crippen LogP contribution in [0, 0.1) is 11.3 Å². The van der Waals surface area contributed by atoms with Gasteiger partial charge in [0.15, 0.2) is 5.65 Å². The molecule has 0 unspecified atom stereocenters. The molecule has 4 aliphatic rings. The molecule has 0 radical (unpaired) electrons. The van der Waals surface area contributed by atoms with E-state index in [2.05, 4.69) is 31.0 Å². The summed E-state index contributed by atoms with van der Waals surface area (Å²) in [5, 5.41) is 13.3. The second-order valence-corrected chi connectivity index (χ2v) is 10.9. The number of carbonyl (C=O) groups excluding carboxylic acids is 3. The Bertz CT molecular complexity index is 1340. The predicted molar refractivity (Wildman–Crippen MR) is 130 cm³/mol. The van der Waals surface area contributed by atoms with Gasteiger partial charge in [0.05, 0.1) is 12.6 Å². The molecular weight excluding hydrogens is 503 g/mol. The van der Waals surface area contributed by atoms with E-state index in [1.54, 1.807) is 16.8 Å². The zero-order chi connectivity index (χ0) is 26.7. The van der Waals surface area contributed by atoms with Gasteiger partial charge in [-0.15, -0.1) is 0 Å². The minimum atomic E-state index is -4.45. The lowest BCUT2D eigenvalue weighted by Crippen LogP contribution is -2.35. The summed E-state index contributed by atoms with van der Waals surface area (Å²) in [6.07, 6.45) is 3.26. The summed E-state index contributed by atoms with van der Waals surface area (Å²) in [4.78, 5) is 45.3. The summed E-state index contributed by atoms with van der Waals surface area (Å²) in [6, 6.07) is 0.308. The highest BCUT2D eigenvalue weighted by Gasteiger charge is 2.67. The number of carbonyl (C=O) groups is 3. The van der Waals surface area contributed by atoms with Crippen LogP contribution in [0.15, 0.2) is 11.8 Å². The molecular formula is C25H28F3N7O3. The van der Waals surface area contributed by atoms with E-state index < -0.39 is 23.3 Å². The maximum atomic E-state index is 13.3. The van der Waals surface area contributed by atoms with E-state index >= 15 is 0 Å². The van der Waals surface area contributed by atoms with Crippen molar-refractivity contribution in [2.24, 2.45) is 11.3 Å². The van der Waals surface area contributed by atoms with Gasteiger partial charge in [0, 0.05) is 29.6 Å². The Labute approximate surface area is 215 Å². The molecule has 3 N–H and O–H groups in total. The van der Waals surface area contributed by atoms with Crippen molar-refractivity contribution in [1.29, 1.82) is 0 Å². The number of aromatic nitrogens is 4. The van der Waals surface area contributed by atoms with Crippen LogP contribution in [-0.4, -0.2) is 55.4 Å². The number of amides is 2. The number of imide groups is 1. The van der Waals surface area contributed by atoms with Gasteiger partial charge >= 0.3 is 6.18 Å². The molecule has 2 amide bonds. The molecule has 3 aliphatic carbocycles. The highest BCUT2D eigenvalue weighted by Crippen LogP contribution is 2.59. The molecule has 0 atom stereocenters. The maximum Gasteiger partial charge on any atom is 0.401 e. The van der Waals surface area contributed by atoms with Crippen LogP contribution in [0.3, 0.4) is 0 Å². The molecule has 4 fully saturated rings. The third-order valence-corrected chi connectivity index (χ3v) is 8.01. The zero-order valence-corrected chi connectivity index (χ0v) is 20.6. The Morgan fingerprint density at radius 3 is 2.37 bits per heavy atom. The number of rotatable bonds is 8. The predicted octanol–water partition coefficient (Wildman–Crippen LogP) is 3.40. The fourth-order valence-electron chi connectivity index (χ4n) is 5.37. The van der Waals surface area contributed by atoms with Crippen LogP contribution in [0.1, 0.15) is 69.8 Å². The Balaban J connectivity index is 1.16. The lowest BCUT2D eigenvalue weighted by Gasteiger charge is -2.30. The van der Waals surface area contributed by atoms with Gasteiger partial charge in [-0.2, -0.15) is 32.8 Å². The summed E-state index contributed by atoms with van der Waals surface area (Å²) in [6.45, 7) is 0. The normalized spacial score (nSPS) is 26.0. The molecule has 3 saturated carbocycles. The number of nitrogens with zero attached hydrogens (tertiary/aromatic N) is 4. The van der Waals surface area contributed by atoms with E-state index in [1.165, 1.54) is 0 Å². The summed E-state index contributed by atoms with van der Waals surface area (Å²) in [5.41, 5.74) is -0.705. The Morgan fingerprint density at radius 1 is 1.08 bits per heavy atom. The van der Waals surface area contributed by atoms with E-state index in [-0.39, 0.29) is 43.6 Å². The molecule has 0 aromatic carbocycles. The van der Waals surface area contributed by atoms with Gasteiger partial charge in [0.25, 0.3) is 5.91 Å². The largest absolute Gasteiger partial charge is 0.401 e. The molecule has 202 valence electrons. The van der Waals surface area contributed by atoms with Crippen molar-refractivity contribution in [1.82, 2.24) is 24.9 Å². The van der Waals surface area contributed by atoms with Gasteiger partial charge in [0.2, 0.25) is 17.8 Å². The number of alkyl halides is 3. The van der Waals surface area contributed by atoms with Crippen LogP contribution in [0.5, 0.6) is 0 Å². The van der Waals surface area contributed by atoms with Crippen molar-refractivity contribution in [3.8, 4) is 0 Å². The second-order valence-electron chi connectivity index (χ2n) is 10.9. The molecule has 38 heavy (non-hydrogen) atoms. The summed E-state index contributed by atoms with van der Waals surface area (Å²) in [7, 11) is 0. The van der Waals surface area contributed by atoms with E-state index in [4.69, 9.17) is 0 Å². The Hall–Kier alpha value is -3.51. The quantitative estimate of drug-likeness (QED) is 0.349. The Kier molecular flexibility index (Phi) is 5.91. The average molecular weight is 532 g/mol. The van der Waals surface area contributed by atoms with Crippen LogP contribution in [0.2, 0.25) is 0 Å². The fourth-order valence-corrected chi connectivity index (χ4v) is 5.37. The molecule has 2 aromatic rings. The van der Waals surface area contributed by atoms with E-state index in [1.807, 2.05) is 0 Å². The second kappa shape index (κ2) is 9.05. The van der Waals surface area contributed by atoms with Gasteiger partial charge in [-0.1, -0.05) is 0 Å². The summed E-state index contributed by atoms with van der Waals surface area (Å²) >= 11 is 0. The first-order valence-corrected chi connectivity index (χ1v) is 13.0. The van der Waals surface area contributed by atoms with Crippen molar-refractivity contribution in [3.05, 3.63) is 17.3 Å². The third-order valence-electron chi connectivity index (χ3n) is 8.01. The van der Waals surface area contributed by atoms with Crippen molar-refractivity contribution in [2.45, 2.75) is 82.5 Å². The lowest BCUT2D eigenvalue weighted by atomic mass is 9.80. The standard InChI is InChI=1S/C25H28F3N7O3/c26-25(27,28)24(7-8-24)18(36)9-13-1-3-16(4-2-13)30-22-33-20-15(10-14-11-19(37)32-21(14)38)12-29-35(20)23(34-22)31-17-5-6-17/h10,12-13,16-17H,1-9,11H2,(H,32,37,38)(H2,30,31,33,34)/b14-10+. The monoisotopic (exact) mass is 531 g/mol. The highest BCUT2D eigenvalue weighted by atomic mass is 19.4. The maximum absolute atomic E-state index is 13.3. The van der Waals surface area contributed by atoms with Crippen molar-refractivity contribution in [2.75, 3.05) is 10.6 Å². The van der Waals surface area contributed by atoms with Gasteiger partial charge < -0.3 is 10.6 Å². The van der Waals surface area contributed by atoms with Gasteiger partial charge in [-0.3, -0.25) is 19.7 Å². The van der Waals surface area contributed by atoms with E-state index in [0.717, 1.165) is 12.8 Å². The molecule has 10 nitrogen and oxygen atoms in total. The van der Waals surface area contributed by atoms with Crippen LogP contribution in [-0.2, 0) is 14.4 Å². The number of anilines is 2. The van der Waals surface area contributed by atoms with Gasteiger partial charge in [-0.05, 0) is 63.4 Å². The molecule has 1 aliphatic heterocycles. The third kappa shape index (κ3) is 4.73. The SMILES string of the molecule is O=C1C/C(=C\c2cnn3c(NC4CC4)nc(NC4CCC(CC(=O)C5(C(F)(F)F)CC5)CC4)nc23)C(=O)N1. The molecule has 0 spiro atoms. The lowest BCUT2D eigenvalue weighted by molar-refractivity contribution is -0.191. The van der Waals surface area contributed by atoms with Crippen LogP contribution in [0.25, 0.3) is 11.7 Å². The van der Waals surface area contributed by atoms with Gasteiger partial charge in [0.1, 0.15) is 11.2 Å². The fraction of sp³-hybridized carbons (Fsp3) is 0.600. The van der Waals surface area contributed by atoms with Crippen LogP contribution < -0.4 is 16.0 Å². The first-order chi connectivity index (χ1) is 18.1. The molecule has 3 heterocycles. The zero-order valence-electron chi connectivity index (χ0n) is 20.6. The van der Waals surface area contributed by atoms with E-state index in [9.17, 15) is 27.6 Å². The minimum absolute atomic E-state index is 0.00458. The van der Waals surface area contributed by atoms with Gasteiger partial charge in [-0.25, -0.2) is 0 Å².